The van der Waals surface area contributed by atoms with Gasteiger partial charge in [0.25, 0.3) is 5.91 Å². The maximum absolute atomic E-state index is 11.9. The quantitative estimate of drug-likeness (QED) is 0.737. The van der Waals surface area contributed by atoms with Crippen molar-refractivity contribution >= 4 is 11.9 Å². The highest BCUT2D eigenvalue weighted by atomic mass is 16.2. The number of hydrogen-bond acceptors (Lipinski definition) is 5. The third-order valence-corrected chi connectivity index (χ3v) is 2.73. The number of carbonyl (C=O) groups is 2. The van der Waals surface area contributed by atoms with Crippen LogP contribution in [0.4, 0.5) is 4.79 Å². The van der Waals surface area contributed by atoms with Crippen molar-refractivity contribution in [2.24, 2.45) is 0 Å². The standard InChI is InChI=1S/C11H18N6O2/c1-8(2)13-5-9-6-16(15-14-9)7-10(18)17-4-3-12-11(17)19/h6,8,13H,3-5,7H2,1-2H3,(H,12,19). The summed E-state index contributed by atoms with van der Waals surface area (Å²) in [7, 11) is 0. The van der Waals surface area contributed by atoms with E-state index in [9.17, 15) is 9.59 Å². The fourth-order valence-electron chi connectivity index (χ4n) is 1.74. The van der Waals surface area contributed by atoms with Crippen LogP contribution in [0.2, 0.25) is 0 Å². The van der Waals surface area contributed by atoms with Crippen LogP contribution in [0.15, 0.2) is 6.20 Å². The van der Waals surface area contributed by atoms with Crippen molar-refractivity contribution in [1.82, 2.24) is 30.5 Å². The summed E-state index contributed by atoms with van der Waals surface area (Å²) < 4.78 is 1.45. The number of imide groups is 1. The molecule has 0 aliphatic carbocycles. The maximum Gasteiger partial charge on any atom is 0.324 e. The number of rotatable bonds is 5. The molecule has 1 saturated heterocycles. The van der Waals surface area contributed by atoms with E-state index in [2.05, 4.69) is 20.9 Å². The highest BCUT2D eigenvalue weighted by Gasteiger charge is 2.26. The molecule has 0 saturated carbocycles. The molecule has 1 fully saturated rings. The van der Waals surface area contributed by atoms with Gasteiger partial charge in [-0.25, -0.2) is 9.48 Å². The third kappa shape index (κ3) is 3.50. The van der Waals surface area contributed by atoms with Gasteiger partial charge in [-0.1, -0.05) is 19.1 Å². The van der Waals surface area contributed by atoms with Gasteiger partial charge in [0.2, 0.25) is 0 Å². The van der Waals surface area contributed by atoms with E-state index in [0.717, 1.165) is 5.69 Å². The van der Waals surface area contributed by atoms with E-state index >= 15 is 0 Å². The molecule has 8 heteroatoms. The SMILES string of the molecule is CC(C)NCc1cn(CC(=O)N2CCNC2=O)nn1. The molecule has 0 radical (unpaired) electrons. The minimum atomic E-state index is -0.341. The highest BCUT2D eigenvalue weighted by molar-refractivity contribution is 5.95. The van der Waals surface area contributed by atoms with Crippen LogP contribution in [0.3, 0.4) is 0 Å². The zero-order valence-electron chi connectivity index (χ0n) is 11.1. The predicted octanol–water partition coefficient (Wildman–Crippen LogP) is -0.672. The van der Waals surface area contributed by atoms with Gasteiger partial charge in [0.15, 0.2) is 0 Å². The zero-order valence-corrected chi connectivity index (χ0v) is 11.1. The first-order valence-electron chi connectivity index (χ1n) is 6.27. The summed E-state index contributed by atoms with van der Waals surface area (Å²) in [5.41, 5.74) is 0.771. The molecule has 2 heterocycles. The third-order valence-electron chi connectivity index (χ3n) is 2.73. The monoisotopic (exact) mass is 266 g/mol. The van der Waals surface area contributed by atoms with E-state index in [1.807, 2.05) is 13.8 Å². The van der Waals surface area contributed by atoms with Crippen molar-refractivity contribution in [3.05, 3.63) is 11.9 Å². The minimum absolute atomic E-state index is 0.0299. The molecule has 0 atom stereocenters. The summed E-state index contributed by atoms with van der Waals surface area (Å²) in [4.78, 5) is 24.4. The normalized spacial score (nSPS) is 15.1. The smallest absolute Gasteiger partial charge is 0.324 e. The lowest BCUT2D eigenvalue weighted by Crippen LogP contribution is -2.36. The molecule has 0 spiro atoms. The van der Waals surface area contributed by atoms with Gasteiger partial charge in [-0.2, -0.15) is 0 Å². The van der Waals surface area contributed by atoms with Crippen molar-refractivity contribution < 1.29 is 9.59 Å². The van der Waals surface area contributed by atoms with Gasteiger partial charge in [0.1, 0.15) is 6.54 Å². The van der Waals surface area contributed by atoms with E-state index in [4.69, 9.17) is 0 Å². The molecule has 0 aromatic carbocycles. The van der Waals surface area contributed by atoms with Gasteiger partial charge in [-0.15, -0.1) is 5.10 Å². The van der Waals surface area contributed by atoms with Crippen molar-refractivity contribution in [3.8, 4) is 0 Å². The van der Waals surface area contributed by atoms with E-state index in [1.54, 1.807) is 6.20 Å². The molecule has 8 nitrogen and oxygen atoms in total. The topological polar surface area (TPSA) is 92.2 Å². The lowest BCUT2D eigenvalue weighted by atomic mass is 10.3. The molecule has 1 aromatic heterocycles. The van der Waals surface area contributed by atoms with Crippen LogP contribution >= 0.6 is 0 Å². The summed E-state index contributed by atoms with van der Waals surface area (Å²) in [6.45, 7) is 5.64. The van der Waals surface area contributed by atoms with Gasteiger partial charge in [0, 0.05) is 25.7 Å². The molecule has 2 rings (SSSR count). The number of carbonyl (C=O) groups excluding carboxylic acids is 2. The van der Waals surface area contributed by atoms with Crippen LogP contribution in [0.25, 0.3) is 0 Å². The predicted molar refractivity (Wildman–Crippen MR) is 67.1 cm³/mol. The number of nitrogens with zero attached hydrogens (tertiary/aromatic N) is 4. The summed E-state index contributed by atoms with van der Waals surface area (Å²) in [5.74, 6) is -0.275. The Hall–Kier alpha value is -1.96. The van der Waals surface area contributed by atoms with Crippen molar-refractivity contribution in [2.75, 3.05) is 13.1 Å². The maximum atomic E-state index is 11.9. The van der Waals surface area contributed by atoms with Gasteiger partial charge < -0.3 is 10.6 Å². The fourth-order valence-corrected chi connectivity index (χ4v) is 1.74. The largest absolute Gasteiger partial charge is 0.336 e. The molecule has 0 bridgehead atoms. The zero-order chi connectivity index (χ0) is 13.8. The van der Waals surface area contributed by atoms with Gasteiger partial charge in [0.05, 0.1) is 11.9 Å². The van der Waals surface area contributed by atoms with Crippen LogP contribution in [0, 0.1) is 0 Å². The molecular weight excluding hydrogens is 248 g/mol. The van der Waals surface area contributed by atoms with Crippen LogP contribution in [0.5, 0.6) is 0 Å². The highest BCUT2D eigenvalue weighted by Crippen LogP contribution is 2.00. The summed E-state index contributed by atoms with van der Waals surface area (Å²) >= 11 is 0. The number of aromatic nitrogens is 3. The van der Waals surface area contributed by atoms with Crippen molar-refractivity contribution in [1.29, 1.82) is 0 Å². The second kappa shape index (κ2) is 5.79. The average molecular weight is 266 g/mol. The van der Waals surface area contributed by atoms with Gasteiger partial charge >= 0.3 is 6.03 Å². The molecule has 2 N–H and O–H groups in total. The molecule has 104 valence electrons. The number of urea groups is 1. The second-order valence-corrected chi connectivity index (χ2v) is 4.72. The Kier molecular flexibility index (Phi) is 4.10. The Labute approximate surface area is 111 Å². The first kappa shape index (κ1) is 13.5. The minimum Gasteiger partial charge on any atom is -0.336 e. The van der Waals surface area contributed by atoms with Crippen molar-refractivity contribution in [3.63, 3.8) is 0 Å². The summed E-state index contributed by atoms with van der Waals surface area (Å²) in [6.07, 6.45) is 1.71. The summed E-state index contributed by atoms with van der Waals surface area (Å²) in [5, 5.41) is 13.6. The van der Waals surface area contributed by atoms with Crippen LogP contribution < -0.4 is 10.6 Å². The molecule has 1 aliphatic heterocycles. The van der Waals surface area contributed by atoms with Gasteiger partial charge in [-0.05, 0) is 0 Å². The lowest BCUT2D eigenvalue weighted by molar-refractivity contribution is -0.128. The molecule has 3 amide bonds. The van der Waals surface area contributed by atoms with Crippen molar-refractivity contribution in [2.45, 2.75) is 33.0 Å². The number of hydrogen-bond donors (Lipinski definition) is 2. The molecule has 1 aliphatic rings. The van der Waals surface area contributed by atoms with Crippen LogP contribution in [0.1, 0.15) is 19.5 Å². The first-order valence-corrected chi connectivity index (χ1v) is 6.27. The number of amides is 3. The molecule has 1 aromatic rings. The van der Waals surface area contributed by atoms with E-state index in [1.165, 1.54) is 9.58 Å². The Morgan fingerprint density at radius 1 is 1.58 bits per heavy atom. The Bertz CT molecular complexity index is 470. The van der Waals surface area contributed by atoms with Crippen LogP contribution in [-0.4, -0.2) is 51.0 Å². The van der Waals surface area contributed by atoms with E-state index < -0.39 is 0 Å². The molecule has 19 heavy (non-hydrogen) atoms. The van der Waals surface area contributed by atoms with Gasteiger partial charge in [-0.3, -0.25) is 9.69 Å². The Morgan fingerprint density at radius 3 is 3.00 bits per heavy atom. The fraction of sp³-hybridized carbons (Fsp3) is 0.636. The first-order chi connectivity index (χ1) is 9.06. The second-order valence-electron chi connectivity index (χ2n) is 4.72. The van der Waals surface area contributed by atoms with E-state index in [0.29, 0.717) is 25.7 Å². The molecular formula is C11H18N6O2. The Morgan fingerprint density at radius 2 is 2.37 bits per heavy atom. The lowest BCUT2D eigenvalue weighted by Gasteiger charge is -2.11. The van der Waals surface area contributed by atoms with Crippen LogP contribution in [-0.2, 0) is 17.9 Å². The summed E-state index contributed by atoms with van der Waals surface area (Å²) in [6, 6.07) is 0.0203. The van der Waals surface area contributed by atoms with E-state index in [-0.39, 0.29) is 18.5 Å². The molecule has 0 unspecified atom stereocenters. The Balaban J connectivity index is 1.89. The average Bonchev–Trinajstić information content (AvgIpc) is 2.95. The number of nitrogens with one attached hydrogen (secondary N) is 2.